The summed E-state index contributed by atoms with van der Waals surface area (Å²) in [6, 6.07) is 0. The summed E-state index contributed by atoms with van der Waals surface area (Å²) in [5.74, 6) is -1.50. The van der Waals surface area contributed by atoms with E-state index in [-0.39, 0.29) is 56.3 Å². The van der Waals surface area contributed by atoms with E-state index in [0.717, 1.165) is 94.6 Å². The summed E-state index contributed by atoms with van der Waals surface area (Å²) in [5.41, 5.74) is 4.97. The molecule has 78 heavy (non-hydrogen) atoms. The number of carbonyl (C=O) groups is 4. The Bertz CT molecular complexity index is 1900. The van der Waals surface area contributed by atoms with Crippen molar-refractivity contribution in [1.29, 1.82) is 0 Å². The Morgan fingerprint density at radius 2 is 1.15 bits per heavy atom. The number of allylic oxidation sites excluding steroid dienone is 13. The van der Waals surface area contributed by atoms with Crippen molar-refractivity contribution >= 4 is 31.6 Å². The number of hydrogen-bond acceptors (Lipinski definition) is 9. The summed E-state index contributed by atoms with van der Waals surface area (Å²) in [4.78, 5) is 60.9. The minimum atomic E-state index is -4.63. The van der Waals surface area contributed by atoms with E-state index in [0.29, 0.717) is 25.8 Å². The molecule has 2 amide bonds. The molecule has 13 heteroatoms. The van der Waals surface area contributed by atoms with Gasteiger partial charge in [0.15, 0.2) is 6.10 Å². The standard InChI is InChI=1S/C65H111N2O10P/c1-8-10-12-14-16-18-20-22-24-26-28-30-32-34-36-45-63(70)74-54-59(77-64(71)46-37-35-33-31-29-27-25-23-21-19-17-15-13-11-9-2)55-76-78(72,73)75-52-51-67-61(68)44-40-50-66-62(69)53-57(4)42-38-41-56(3)47-48-60-58(5)43-39-49-65(60,6)7/h22-25,38,41-42,47-48,53,59H,8-21,26-37,39-40,43-46,49-52,54-55H2,1-7H3,(H,66,69)(H,67,68)(H,72,73)/b24-22-,25-23-,42-38+,48-47+,56-41+,57-53+. The number of unbranched alkanes of at least 4 members (excludes halogenated alkanes) is 22. The molecule has 0 bridgehead atoms. The molecule has 2 atom stereocenters. The Hall–Kier alpha value is -3.83. The van der Waals surface area contributed by atoms with E-state index in [2.05, 4.69) is 88.6 Å². The smallest absolute Gasteiger partial charge is 0.462 e. The number of nitrogens with one attached hydrogen (secondary N) is 2. The third-order valence-corrected chi connectivity index (χ3v) is 15.1. The van der Waals surface area contributed by atoms with Crippen molar-refractivity contribution in [3.05, 3.63) is 83.1 Å². The molecule has 0 heterocycles. The lowest BCUT2D eigenvalue weighted by Crippen LogP contribution is -2.30. The van der Waals surface area contributed by atoms with Crippen LogP contribution in [0.2, 0.25) is 0 Å². The molecule has 0 radical (unpaired) electrons. The number of phosphoric acid groups is 1. The molecule has 1 aliphatic carbocycles. The van der Waals surface area contributed by atoms with Gasteiger partial charge in [-0.1, -0.05) is 196 Å². The van der Waals surface area contributed by atoms with E-state index in [1.165, 1.54) is 107 Å². The second-order valence-corrected chi connectivity index (χ2v) is 23.7. The zero-order valence-corrected chi connectivity index (χ0v) is 51.2. The zero-order chi connectivity index (χ0) is 57.4. The van der Waals surface area contributed by atoms with Crippen LogP contribution in [0.25, 0.3) is 0 Å². The first-order valence-electron chi connectivity index (χ1n) is 30.8. The average molecular weight is 1110 g/mol. The lowest BCUT2D eigenvalue weighted by atomic mass is 9.72. The monoisotopic (exact) mass is 1110 g/mol. The Morgan fingerprint density at radius 3 is 1.71 bits per heavy atom. The van der Waals surface area contributed by atoms with E-state index in [1.54, 1.807) is 0 Å². The van der Waals surface area contributed by atoms with Gasteiger partial charge in [-0.15, -0.1) is 0 Å². The van der Waals surface area contributed by atoms with Crippen LogP contribution in [0.15, 0.2) is 83.1 Å². The van der Waals surface area contributed by atoms with Gasteiger partial charge < -0.3 is 25.0 Å². The summed E-state index contributed by atoms with van der Waals surface area (Å²) >= 11 is 0. The zero-order valence-electron chi connectivity index (χ0n) is 50.3. The van der Waals surface area contributed by atoms with E-state index in [4.69, 9.17) is 18.5 Å². The van der Waals surface area contributed by atoms with Gasteiger partial charge in [-0.05, 0) is 127 Å². The predicted molar refractivity (Wildman–Crippen MR) is 323 cm³/mol. The van der Waals surface area contributed by atoms with Crippen molar-refractivity contribution in [3.8, 4) is 0 Å². The van der Waals surface area contributed by atoms with Crippen LogP contribution in [0.4, 0.5) is 0 Å². The Labute approximate surface area is 475 Å². The van der Waals surface area contributed by atoms with Gasteiger partial charge in [0.1, 0.15) is 6.61 Å². The van der Waals surface area contributed by atoms with Gasteiger partial charge in [-0.2, -0.15) is 0 Å². The number of hydrogen-bond donors (Lipinski definition) is 3. The Kier molecular flexibility index (Phi) is 44.4. The van der Waals surface area contributed by atoms with Crippen LogP contribution in [-0.2, 0) is 42.3 Å². The number of ether oxygens (including phenoxy) is 2. The third-order valence-electron chi connectivity index (χ3n) is 14.1. The van der Waals surface area contributed by atoms with Crippen molar-refractivity contribution in [2.75, 3.05) is 32.9 Å². The average Bonchev–Trinajstić information content (AvgIpc) is 3.41. The minimum Gasteiger partial charge on any atom is -0.462 e. The topological polar surface area (TPSA) is 167 Å². The van der Waals surface area contributed by atoms with Gasteiger partial charge in [0.25, 0.3) is 0 Å². The summed E-state index contributed by atoms with van der Waals surface area (Å²) in [7, 11) is -4.63. The maximum Gasteiger partial charge on any atom is 0.472 e. The molecular weight excluding hydrogens is 1000 g/mol. The fraction of sp³-hybridized carbons (Fsp3) is 0.723. The first kappa shape index (κ1) is 72.2. The first-order chi connectivity index (χ1) is 37.6. The lowest BCUT2D eigenvalue weighted by molar-refractivity contribution is -0.161. The summed E-state index contributed by atoms with van der Waals surface area (Å²) in [6.45, 7) is 14.3. The van der Waals surface area contributed by atoms with Crippen molar-refractivity contribution in [1.82, 2.24) is 10.6 Å². The molecule has 0 saturated carbocycles. The van der Waals surface area contributed by atoms with Crippen molar-refractivity contribution in [3.63, 3.8) is 0 Å². The number of carbonyl (C=O) groups excluding carboxylic acids is 4. The molecule has 1 rings (SSSR count). The first-order valence-corrected chi connectivity index (χ1v) is 32.3. The van der Waals surface area contributed by atoms with E-state index in [1.807, 2.05) is 25.2 Å². The summed E-state index contributed by atoms with van der Waals surface area (Å²) < 4.78 is 34.2. The van der Waals surface area contributed by atoms with Crippen LogP contribution in [0.1, 0.15) is 260 Å². The van der Waals surface area contributed by atoms with Gasteiger partial charge in [0.05, 0.1) is 13.2 Å². The molecule has 0 spiro atoms. The van der Waals surface area contributed by atoms with Gasteiger partial charge in [0, 0.05) is 38.4 Å². The highest BCUT2D eigenvalue weighted by molar-refractivity contribution is 7.47. The van der Waals surface area contributed by atoms with E-state index >= 15 is 0 Å². The Morgan fingerprint density at radius 1 is 0.628 bits per heavy atom. The maximum absolute atomic E-state index is 12.9. The minimum absolute atomic E-state index is 0.0606. The number of esters is 2. The van der Waals surface area contributed by atoms with Gasteiger partial charge in [-0.3, -0.25) is 28.2 Å². The largest absolute Gasteiger partial charge is 0.472 e. The predicted octanol–water partition coefficient (Wildman–Crippen LogP) is 17.2. The molecule has 0 fully saturated rings. The summed E-state index contributed by atoms with van der Waals surface area (Å²) in [6.07, 6.45) is 54.1. The quantitative estimate of drug-likeness (QED) is 0.0133. The molecule has 0 aromatic heterocycles. The van der Waals surface area contributed by atoms with Crippen LogP contribution in [0, 0.1) is 5.41 Å². The lowest BCUT2D eigenvalue weighted by Gasteiger charge is -2.32. The number of phosphoric ester groups is 1. The Balaban J connectivity index is 2.48. The second-order valence-electron chi connectivity index (χ2n) is 22.2. The van der Waals surface area contributed by atoms with Crippen LogP contribution in [-0.4, -0.2) is 67.7 Å². The molecule has 0 aromatic rings. The van der Waals surface area contributed by atoms with Crippen LogP contribution < -0.4 is 10.6 Å². The molecule has 3 N–H and O–H groups in total. The highest BCUT2D eigenvalue weighted by Gasteiger charge is 2.27. The fourth-order valence-electron chi connectivity index (χ4n) is 9.35. The van der Waals surface area contributed by atoms with Gasteiger partial charge in [-0.25, -0.2) is 4.57 Å². The maximum atomic E-state index is 12.9. The molecule has 2 unspecified atom stereocenters. The van der Waals surface area contributed by atoms with Crippen LogP contribution in [0.5, 0.6) is 0 Å². The highest BCUT2D eigenvalue weighted by atomic mass is 31.2. The third kappa shape index (κ3) is 43.0. The highest BCUT2D eigenvalue weighted by Crippen LogP contribution is 2.43. The van der Waals surface area contributed by atoms with Gasteiger partial charge in [0.2, 0.25) is 11.8 Å². The molecule has 446 valence electrons. The van der Waals surface area contributed by atoms with Crippen LogP contribution >= 0.6 is 7.82 Å². The molecule has 12 nitrogen and oxygen atoms in total. The SMILES string of the molecule is CCCCCCCC/C=C\CCCCCCCC(=O)OCC(COP(=O)(O)OCCNC(=O)CCCNC(=O)/C=C(C)/C=C/C=C(C)/C=C/C1=C(C)CCCC1(C)C)OC(=O)CCCCCCC/C=C\CCCCCCCC. The van der Waals surface area contributed by atoms with Crippen LogP contribution in [0.3, 0.4) is 0 Å². The normalized spacial score (nSPS) is 15.4. The van der Waals surface area contributed by atoms with Crippen molar-refractivity contribution in [2.45, 2.75) is 266 Å². The molecule has 0 aromatic carbocycles. The van der Waals surface area contributed by atoms with E-state index in [9.17, 15) is 28.6 Å². The van der Waals surface area contributed by atoms with E-state index < -0.39 is 32.5 Å². The molecular formula is C65H111N2O10P. The van der Waals surface area contributed by atoms with Gasteiger partial charge >= 0.3 is 19.8 Å². The molecule has 0 aliphatic heterocycles. The molecule has 1 aliphatic rings. The van der Waals surface area contributed by atoms with Crippen molar-refractivity contribution < 1.29 is 47.2 Å². The summed E-state index contributed by atoms with van der Waals surface area (Å²) in [5, 5.41) is 5.44. The number of rotatable bonds is 49. The van der Waals surface area contributed by atoms with Crippen molar-refractivity contribution in [2.24, 2.45) is 5.41 Å². The fourth-order valence-corrected chi connectivity index (χ4v) is 10.1. The second kappa shape index (κ2) is 47.9. The molecule has 0 saturated heterocycles. The number of amides is 2.